The Morgan fingerprint density at radius 3 is 2.57 bits per heavy atom. The maximum Gasteiger partial charge on any atom is 0.143 e. The van der Waals surface area contributed by atoms with Crippen LogP contribution in [0.2, 0.25) is 5.02 Å². The van der Waals surface area contributed by atoms with Gasteiger partial charge in [-0.25, -0.2) is 9.97 Å². The summed E-state index contributed by atoms with van der Waals surface area (Å²) in [4.78, 5) is 13.6. The van der Waals surface area contributed by atoms with Crippen molar-refractivity contribution >= 4 is 45.2 Å². The highest BCUT2D eigenvalue weighted by Gasteiger charge is 2.14. The van der Waals surface area contributed by atoms with Gasteiger partial charge in [-0.05, 0) is 70.1 Å². The summed E-state index contributed by atoms with van der Waals surface area (Å²) in [5.74, 6) is 0.905. The predicted molar refractivity (Wildman–Crippen MR) is 128 cm³/mol. The fourth-order valence-electron chi connectivity index (χ4n) is 3.54. The first-order chi connectivity index (χ1) is 14.7. The van der Waals surface area contributed by atoms with Crippen LogP contribution in [-0.2, 0) is 13.1 Å². The molecule has 0 aliphatic rings. The molecular weight excluding hydrogens is 509 g/mol. The third kappa shape index (κ3) is 3.97. The van der Waals surface area contributed by atoms with Gasteiger partial charge in [-0.15, -0.1) is 0 Å². The van der Waals surface area contributed by atoms with E-state index in [4.69, 9.17) is 16.6 Å². The number of fused-ring (bicyclic) bond motifs is 1. The van der Waals surface area contributed by atoms with E-state index < -0.39 is 0 Å². The van der Waals surface area contributed by atoms with Crippen molar-refractivity contribution < 1.29 is 0 Å². The molecule has 0 spiro atoms. The number of hydrogen-bond donors (Lipinski definition) is 0. The SMILES string of the molecule is Clc1ccc(Cn2c(-c3cncc(Cn4ccnc4)c3)nc3ccc(I)cc32)cc1. The second-order valence-electron chi connectivity index (χ2n) is 7.10. The minimum absolute atomic E-state index is 0.703. The summed E-state index contributed by atoms with van der Waals surface area (Å²) < 4.78 is 5.45. The van der Waals surface area contributed by atoms with Gasteiger partial charge in [0.05, 0.1) is 23.9 Å². The van der Waals surface area contributed by atoms with E-state index >= 15 is 0 Å². The molecular formula is C23H17ClIN5. The van der Waals surface area contributed by atoms with Crippen molar-refractivity contribution in [2.24, 2.45) is 0 Å². The molecule has 0 unspecified atom stereocenters. The lowest BCUT2D eigenvalue weighted by atomic mass is 10.1. The molecule has 0 fully saturated rings. The van der Waals surface area contributed by atoms with Gasteiger partial charge < -0.3 is 9.13 Å². The van der Waals surface area contributed by atoms with Crippen LogP contribution in [0.1, 0.15) is 11.1 Å². The van der Waals surface area contributed by atoms with E-state index in [0.29, 0.717) is 6.54 Å². The molecule has 0 saturated heterocycles. The Morgan fingerprint density at radius 2 is 1.77 bits per heavy atom. The second kappa shape index (κ2) is 8.20. The molecule has 2 aromatic carbocycles. The van der Waals surface area contributed by atoms with Crippen molar-refractivity contribution in [3.8, 4) is 11.4 Å². The van der Waals surface area contributed by atoms with Gasteiger partial charge in [0.1, 0.15) is 5.82 Å². The number of pyridine rings is 1. The summed E-state index contributed by atoms with van der Waals surface area (Å²) in [6, 6.07) is 16.4. The van der Waals surface area contributed by atoms with E-state index in [9.17, 15) is 0 Å². The van der Waals surface area contributed by atoms with Crippen molar-refractivity contribution in [2.75, 3.05) is 0 Å². The summed E-state index contributed by atoms with van der Waals surface area (Å²) in [6.45, 7) is 1.42. The lowest BCUT2D eigenvalue weighted by molar-refractivity contribution is 0.792. The van der Waals surface area contributed by atoms with Gasteiger partial charge in [0.2, 0.25) is 0 Å². The van der Waals surface area contributed by atoms with E-state index in [-0.39, 0.29) is 0 Å². The molecule has 0 N–H and O–H groups in total. The highest BCUT2D eigenvalue weighted by atomic mass is 127. The second-order valence-corrected chi connectivity index (χ2v) is 8.78. The maximum atomic E-state index is 6.08. The van der Waals surface area contributed by atoms with Crippen molar-refractivity contribution in [1.82, 2.24) is 24.1 Å². The first-order valence-corrected chi connectivity index (χ1v) is 10.9. The average Bonchev–Trinajstić information content (AvgIpc) is 3.38. The molecule has 0 aliphatic heterocycles. The minimum atomic E-state index is 0.703. The summed E-state index contributed by atoms with van der Waals surface area (Å²) in [5, 5.41) is 0.736. The zero-order valence-corrected chi connectivity index (χ0v) is 18.8. The Hall–Kier alpha value is -2.71. The van der Waals surface area contributed by atoms with Crippen LogP contribution in [0.5, 0.6) is 0 Å². The number of imidazole rings is 2. The fourth-order valence-corrected chi connectivity index (χ4v) is 4.14. The van der Waals surface area contributed by atoms with Crippen molar-refractivity contribution in [3.05, 3.63) is 99.4 Å². The Bertz CT molecular complexity index is 1310. The van der Waals surface area contributed by atoms with Crippen LogP contribution in [0.4, 0.5) is 0 Å². The van der Waals surface area contributed by atoms with Gasteiger partial charge in [-0.2, -0.15) is 0 Å². The Morgan fingerprint density at radius 1 is 0.900 bits per heavy atom. The van der Waals surface area contributed by atoms with Crippen LogP contribution in [0.3, 0.4) is 0 Å². The molecule has 0 aliphatic carbocycles. The smallest absolute Gasteiger partial charge is 0.143 e. The van der Waals surface area contributed by atoms with Crippen LogP contribution in [-0.4, -0.2) is 24.1 Å². The van der Waals surface area contributed by atoms with Crippen LogP contribution in [0.25, 0.3) is 22.4 Å². The van der Waals surface area contributed by atoms with Crippen molar-refractivity contribution in [2.45, 2.75) is 13.1 Å². The molecule has 7 heteroatoms. The van der Waals surface area contributed by atoms with Gasteiger partial charge >= 0.3 is 0 Å². The van der Waals surface area contributed by atoms with Gasteiger partial charge in [-0.3, -0.25) is 4.98 Å². The van der Waals surface area contributed by atoms with Gasteiger partial charge in [0, 0.05) is 45.5 Å². The van der Waals surface area contributed by atoms with E-state index in [2.05, 4.69) is 73.5 Å². The van der Waals surface area contributed by atoms with Crippen LogP contribution in [0, 0.1) is 3.57 Å². The molecule has 3 heterocycles. The molecule has 30 heavy (non-hydrogen) atoms. The fraction of sp³-hybridized carbons (Fsp3) is 0.0870. The van der Waals surface area contributed by atoms with Gasteiger partial charge in [-0.1, -0.05) is 23.7 Å². The Kier molecular flexibility index (Phi) is 5.26. The summed E-state index contributed by atoms with van der Waals surface area (Å²) in [5.41, 5.74) is 5.34. The molecule has 5 rings (SSSR count). The van der Waals surface area contributed by atoms with E-state index in [1.54, 1.807) is 6.20 Å². The van der Waals surface area contributed by atoms with Crippen LogP contribution < -0.4 is 0 Å². The Balaban J connectivity index is 1.60. The number of rotatable bonds is 5. The molecule has 3 aromatic heterocycles. The standard InChI is InChI=1S/C23H17ClIN5/c24-19-3-1-16(2-4-19)14-30-22-10-20(25)5-6-21(22)28-23(30)18-9-17(11-27-12-18)13-29-8-7-26-15-29/h1-12,15H,13-14H2. The number of nitrogens with zero attached hydrogens (tertiary/aromatic N) is 5. The van der Waals surface area contributed by atoms with E-state index in [1.807, 2.05) is 41.6 Å². The zero-order valence-electron chi connectivity index (χ0n) is 15.9. The molecule has 0 saturated carbocycles. The summed E-state index contributed by atoms with van der Waals surface area (Å²) in [6.07, 6.45) is 9.31. The minimum Gasteiger partial charge on any atom is -0.333 e. The van der Waals surface area contributed by atoms with Gasteiger partial charge in [0.25, 0.3) is 0 Å². The molecule has 0 atom stereocenters. The number of halogens is 2. The molecule has 0 amide bonds. The quantitative estimate of drug-likeness (QED) is 0.279. The third-order valence-corrected chi connectivity index (χ3v) is 5.86. The van der Waals surface area contributed by atoms with Crippen LogP contribution in [0.15, 0.2) is 79.6 Å². The number of hydrogen-bond acceptors (Lipinski definition) is 3. The normalized spacial score (nSPS) is 11.3. The lowest BCUT2D eigenvalue weighted by Crippen LogP contribution is -2.03. The first-order valence-electron chi connectivity index (χ1n) is 9.46. The third-order valence-electron chi connectivity index (χ3n) is 4.94. The van der Waals surface area contributed by atoms with Crippen molar-refractivity contribution in [3.63, 3.8) is 0 Å². The van der Waals surface area contributed by atoms with Gasteiger partial charge in [0.15, 0.2) is 0 Å². The summed E-state index contributed by atoms with van der Waals surface area (Å²) >= 11 is 8.42. The molecule has 5 aromatic rings. The van der Waals surface area contributed by atoms with E-state index in [1.165, 1.54) is 9.13 Å². The largest absolute Gasteiger partial charge is 0.333 e. The average molecular weight is 526 g/mol. The highest BCUT2D eigenvalue weighted by molar-refractivity contribution is 14.1. The monoisotopic (exact) mass is 525 g/mol. The molecule has 148 valence electrons. The molecule has 0 bridgehead atoms. The first kappa shape index (κ1) is 19.3. The Labute approximate surface area is 192 Å². The molecule has 5 nitrogen and oxygen atoms in total. The number of aromatic nitrogens is 5. The predicted octanol–water partition coefficient (Wildman–Crippen LogP) is 5.65. The van der Waals surface area contributed by atoms with Crippen molar-refractivity contribution in [1.29, 1.82) is 0 Å². The van der Waals surface area contributed by atoms with Crippen LogP contribution >= 0.6 is 34.2 Å². The topological polar surface area (TPSA) is 48.5 Å². The molecule has 0 radical (unpaired) electrons. The summed E-state index contributed by atoms with van der Waals surface area (Å²) in [7, 11) is 0. The zero-order chi connectivity index (χ0) is 20.5. The maximum absolute atomic E-state index is 6.08. The number of benzene rings is 2. The van der Waals surface area contributed by atoms with E-state index in [0.717, 1.165) is 39.6 Å². The lowest BCUT2D eigenvalue weighted by Gasteiger charge is -2.11. The highest BCUT2D eigenvalue weighted by Crippen LogP contribution is 2.28.